The van der Waals surface area contributed by atoms with Crippen molar-refractivity contribution in [2.24, 2.45) is 0 Å². The molecule has 1 aliphatic heterocycles. The van der Waals surface area contributed by atoms with Crippen LogP contribution in [0, 0.1) is 0 Å². The Labute approximate surface area is 66.7 Å². The fourth-order valence-corrected chi connectivity index (χ4v) is 1.36. The third-order valence-electron chi connectivity index (χ3n) is 1.87. The molecule has 0 aromatic heterocycles. The minimum atomic E-state index is -0.209. The van der Waals surface area contributed by atoms with Crippen LogP contribution >= 0.6 is 0 Å². The van der Waals surface area contributed by atoms with E-state index in [2.05, 4.69) is 0 Å². The van der Waals surface area contributed by atoms with Gasteiger partial charge in [-0.25, -0.2) is 0 Å². The van der Waals surface area contributed by atoms with Crippen LogP contribution in [0.15, 0.2) is 0 Å². The van der Waals surface area contributed by atoms with Crippen LogP contribution in [0.25, 0.3) is 0 Å². The van der Waals surface area contributed by atoms with Gasteiger partial charge in [-0.1, -0.05) is 6.92 Å². The van der Waals surface area contributed by atoms with Gasteiger partial charge in [0.15, 0.2) is 0 Å². The summed E-state index contributed by atoms with van der Waals surface area (Å²) in [7, 11) is 0. The van der Waals surface area contributed by atoms with Crippen molar-refractivity contribution in [1.82, 2.24) is 0 Å². The fraction of sp³-hybridized carbons (Fsp3) is 0.875. The SMILES string of the molecule is CCC1OCC[C@H]1OC(C)=O. The molecule has 3 nitrogen and oxygen atoms in total. The highest BCUT2D eigenvalue weighted by atomic mass is 16.6. The molecule has 1 aliphatic rings. The molecule has 1 fully saturated rings. The lowest BCUT2D eigenvalue weighted by atomic mass is 10.1. The van der Waals surface area contributed by atoms with Crippen LogP contribution in [-0.2, 0) is 14.3 Å². The lowest BCUT2D eigenvalue weighted by molar-refractivity contribution is -0.149. The average Bonchev–Trinajstić information content (AvgIpc) is 2.34. The Hall–Kier alpha value is -0.570. The first-order valence-electron chi connectivity index (χ1n) is 4.03. The van der Waals surface area contributed by atoms with Gasteiger partial charge >= 0.3 is 5.97 Å². The van der Waals surface area contributed by atoms with Crippen LogP contribution < -0.4 is 0 Å². The third kappa shape index (κ3) is 2.19. The number of ether oxygens (including phenoxy) is 2. The molecule has 0 aromatic rings. The molecule has 0 N–H and O–H groups in total. The first-order chi connectivity index (χ1) is 5.24. The van der Waals surface area contributed by atoms with E-state index in [1.165, 1.54) is 6.92 Å². The van der Waals surface area contributed by atoms with Crippen molar-refractivity contribution in [3.8, 4) is 0 Å². The highest BCUT2D eigenvalue weighted by Crippen LogP contribution is 2.19. The second-order valence-electron chi connectivity index (χ2n) is 2.75. The Bertz CT molecular complexity index is 144. The van der Waals surface area contributed by atoms with Crippen molar-refractivity contribution in [1.29, 1.82) is 0 Å². The summed E-state index contributed by atoms with van der Waals surface area (Å²) in [5.74, 6) is -0.209. The molecule has 0 saturated carbocycles. The molecule has 0 aromatic carbocycles. The van der Waals surface area contributed by atoms with Gasteiger partial charge in [-0.3, -0.25) is 4.79 Å². The number of carbonyl (C=O) groups excluding carboxylic acids is 1. The highest BCUT2D eigenvalue weighted by Gasteiger charge is 2.28. The molecule has 0 amide bonds. The van der Waals surface area contributed by atoms with Crippen molar-refractivity contribution in [2.75, 3.05) is 6.61 Å². The van der Waals surface area contributed by atoms with E-state index >= 15 is 0 Å². The second kappa shape index (κ2) is 3.72. The Morgan fingerprint density at radius 2 is 2.45 bits per heavy atom. The molecule has 0 aliphatic carbocycles. The smallest absolute Gasteiger partial charge is 0.302 e. The molecule has 11 heavy (non-hydrogen) atoms. The van der Waals surface area contributed by atoms with E-state index < -0.39 is 0 Å². The highest BCUT2D eigenvalue weighted by molar-refractivity contribution is 5.66. The lowest BCUT2D eigenvalue weighted by Gasteiger charge is -2.15. The Kier molecular flexibility index (Phi) is 2.88. The summed E-state index contributed by atoms with van der Waals surface area (Å²) in [5.41, 5.74) is 0. The zero-order valence-electron chi connectivity index (χ0n) is 7.00. The van der Waals surface area contributed by atoms with Crippen LogP contribution in [0.2, 0.25) is 0 Å². The van der Waals surface area contributed by atoms with Crippen LogP contribution in [-0.4, -0.2) is 24.8 Å². The van der Waals surface area contributed by atoms with Gasteiger partial charge in [0.2, 0.25) is 0 Å². The van der Waals surface area contributed by atoms with E-state index in [1.54, 1.807) is 0 Å². The first-order valence-corrected chi connectivity index (χ1v) is 4.03. The Morgan fingerprint density at radius 3 is 3.00 bits per heavy atom. The number of esters is 1. The summed E-state index contributed by atoms with van der Waals surface area (Å²) in [6, 6.07) is 0. The summed E-state index contributed by atoms with van der Waals surface area (Å²) in [5, 5.41) is 0. The summed E-state index contributed by atoms with van der Waals surface area (Å²) in [4.78, 5) is 10.6. The molecule has 64 valence electrons. The minimum absolute atomic E-state index is 0.00231. The zero-order chi connectivity index (χ0) is 8.27. The van der Waals surface area contributed by atoms with E-state index in [-0.39, 0.29) is 18.2 Å². The maximum Gasteiger partial charge on any atom is 0.302 e. The van der Waals surface area contributed by atoms with Gasteiger partial charge in [0.1, 0.15) is 6.10 Å². The maximum absolute atomic E-state index is 10.6. The van der Waals surface area contributed by atoms with E-state index in [1.807, 2.05) is 6.92 Å². The van der Waals surface area contributed by atoms with Gasteiger partial charge in [-0.15, -0.1) is 0 Å². The topological polar surface area (TPSA) is 35.5 Å². The van der Waals surface area contributed by atoms with Crippen LogP contribution in [0.1, 0.15) is 26.7 Å². The van der Waals surface area contributed by atoms with Crippen molar-refractivity contribution in [3.05, 3.63) is 0 Å². The van der Waals surface area contributed by atoms with Crippen molar-refractivity contribution >= 4 is 5.97 Å². The number of rotatable bonds is 2. The van der Waals surface area contributed by atoms with Crippen molar-refractivity contribution in [3.63, 3.8) is 0 Å². The predicted molar refractivity (Wildman–Crippen MR) is 40.2 cm³/mol. The molecule has 1 rings (SSSR count). The van der Waals surface area contributed by atoms with Crippen LogP contribution in [0.4, 0.5) is 0 Å². The second-order valence-corrected chi connectivity index (χ2v) is 2.75. The molecule has 1 saturated heterocycles. The monoisotopic (exact) mass is 158 g/mol. The van der Waals surface area contributed by atoms with Gasteiger partial charge in [0, 0.05) is 13.3 Å². The molecule has 0 bridgehead atoms. The Balaban J connectivity index is 2.37. The fourth-order valence-electron chi connectivity index (χ4n) is 1.36. The van der Waals surface area contributed by atoms with E-state index in [0.29, 0.717) is 0 Å². The van der Waals surface area contributed by atoms with Gasteiger partial charge in [-0.2, -0.15) is 0 Å². The summed E-state index contributed by atoms with van der Waals surface area (Å²) in [6.45, 7) is 4.19. The standard InChI is InChI=1S/C8H14O3/c1-3-7-8(4-5-10-7)11-6(2)9/h7-8H,3-5H2,1-2H3/t7?,8-/m1/s1. The van der Waals surface area contributed by atoms with E-state index in [4.69, 9.17) is 9.47 Å². The lowest BCUT2D eigenvalue weighted by Crippen LogP contribution is -2.25. The third-order valence-corrected chi connectivity index (χ3v) is 1.87. The molecule has 2 atom stereocenters. The van der Waals surface area contributed by atoms with Crippen LogP contribution in [0.3, 0.4) is 0 Å². The van der Waals surface area contributed by atoms with Gasteiger partial charge in [0.25, 0.3) is 0 Å². The number of hydrogen-bond acceptors (Lipinski definition) is 3. The summed E-state index contributed by atoms with van der Waals surface area (Å²) < 4.78 is 10.4. The zero-order valence-corrected chi connectivity index (χ0v) is 7.00. The number of carbonyl (C=O) groups is 1. The average molecular weight is 158 g/mol. The molecular formula is C8H14O3. The molecule has 1 heterocycles. The first kappa shape index (κ1) is 8.53. The van der Waals surface area contributed by atoms with Crippen LogP contribution in [0.5, 0.6) is 0 Å². The van der Waals surface area contributed by atoms with E-state index in [0.717, 1.165) is 19.4 Å². The minimum Gasteiger partial charge on any atom is -0.460 e. The van der Waals surface area contributed by atoms with Gasteiger partial charge in [-0.05, 0) is 6.42 Å². The number of hydrogen-bond donors (Lipinski definition) is 0. The molecule has 1 unspecified atom stereocenters. The molecule has 0 radical (unpaired) electrons. The van der Waals surface area contributed by atoms with Crippen molar-refractivity contribution < 1.29 is 14.3 Å². The quantitative estimate of drug-likeness (QED) is 0.565. The normalized spacial score (nSPS) is 30.4. The van der Waals surface area contributed by atoms with Gasteiger partial charge < -0.3 is 9.47 Å². The maximum atomic E-state index is 10.6. The summed E-state index contributed by atoms with van der Waals surface area (Å²) in [6.07, 6.45) is 1.88. The molecule has 3 heteroatoms. The largest absolute Gasteiger partial charge is 0.460 e. The molecule has 0 spiro atoms. The predicted octanol–water partition coefficient (Wildman–Crippen LogP) is 1.12. The Morgan fingerprint density at radius 1 is 1.73 bits per heavy atom. The van der Waals surface area contributed by atoms with E-state index in [9.17, 15) is 4.79 Å². The van der Waals surface area contributed by atoms with Crippen molar-refractivity contribution in [2.45, 2.75) is 38.9 Å². The molecular weight excluding hydrogens is 144 g/mol. The summed E-state index contributed by atoms with van der Waals surface area (Å²) >= 11 is 0. The van der Waals surface area contributed by atoms with Gasteiger partial charge in [0.05, 0.1) is 12.7 Å².